The van der Waals surface area contributed by atoms with Crippen molar-refractivity contribution in [1.82, 2.24) is 0 Å². The molecule has 0 fully saturated rings. The zero-order valence-electron chi connectivity index (χ0n) is 11.4. The number of rotatable bonds is 6. The summed E-state index contributed by atoms with van der Waals surface area (Å²) in [6, 6.07) is 5.65. The number of benzene rings is 1. The van der Waals surface area contributed by atoms with Crippen LogP contribution in [-0.2, 0) is 14.3 Å². The van der Waals surface area contributed by atoms with Crippen LogP contribution < -0.4 is 5.32 Å². The van der Waals surface area contributed by atoms with Crippen LogP contribution in [0.15, 0.2) is 18.2 Å². The third kappa shape index (κ3) is 4.04. The van der Waals surface area contributed by atoms with Gasteiger partial charge < -0.3 is 14.8 Å². The van der Waals surface area contributed by atoms with Gasteiger partial charge in [0.2, 0.25) is 0 Å². The van der Waals surface area contributed by atoms with Crippen LogP contribution in [-0.4, -0.2) is 32.3 Å². The average molecular weight is 251 g/mol. The van der Waals surface area contributed by atoms with Gasteiger partial charge in [0, 0.05) is 12.8 Å². The van der Waals surface area contributed by atoms with E-state index in [1.54, 1.807) is 14.0 Å². The minimum atomic E-state index is -0.373. The van der Waals surface area contributed by atoms with Crippen molar-refractivity contribution in [3.05, 3.63) is 29.3 Å². The normalized spacial score (nSPS) is 12.0. The Bertz CT molecular complexity index is 384. The fraction of sp³-hybridized carbons (Fsp3) is 0.500. The number of nitrogens with one attached hydrogen (secondary N) is 1. The van der Waals surface area contributed by atoms with Gasteiger partial charge in [-0.05, 0) is 31.9 Å². The highest BCUT2D eigenvalue weighted by atomic mass is 16.6. The summed E-state index contributed by atoms with van der Waals surface area (Å²) in [6.45, 7) is 6.52. The van der Waals surface area contributed by atoms with Crippen molar-refractivity contribution in [2.45, 2.75) is 26.8 Å². The van der Waals surface area contributed by atoms with Gasteiger partial charge in [-0.15, -0.1) is 0 Å². The van der Waals surface area contributed by atoms with E-state index in [1.807, 2.05) is 32.0 Å². The van der Waals surface area contributed by atoms with Crippen molar-refractivity contribution in [2.75, 3.05) is 25.6 Å². The van der Waals surface area contributed by atoms with Crippen LogP contribution >= 0.6 is 0 Å². The number of para-hydroxylation sites is 1. The van der Waals surface area contributed by atoms with Gasteiger partial charge in [-0.2, -0.15) is 0 Å². The summed E-state index contributed by atoms with van der Waals surface area (Å²) in [4.78, 5) is 11.7. The van der Waals surface area contributed by atoms with E-state index in [1.165, 1.54) is 0 Å². The predicted molar refractivity (Wildman–Crippen MR) is 71.8 cm³/mol. The Balaban J connectivity index is 2.58. The first-order valence-electron chi connectivity index (χ1n) is 6.04. The lowest BCUT2D eigenvalue weighted by Gasteiger charge is -2.17. The van der Waals surface area contributed by atoms with Crippen molar-refractivity contribution in [3.8, 4) is 0 Å². The largest absolute Gasteiger partial charge is 0.462 e. The van der Waals surface area contributed by atoms with Gasteiger partial charge in [0.15, 0.2) is 0 Å². The molecule has 0 amide bonds. The van der Waals surface area contributed by atoms with Gasteiger partial charge in [0.1, 0.15) is 12.6 Å². The third-order valence-electron chi connectivity index (χ3n) is 2.73. The number of hydrogen-bond acceptors (Lipinski definition) is 4. The van der Waals surface area contributed by atoms with Gasteiger partial charge in [-0.3, -0.25) is 0 Å². The number of ether oxygens (including phenoxy) is 2. The second-order valence-corrected chi connectivity index (χ2v) is 4.29. The number of esters is 1. The molecule has 0 bridgehead atoms. The molecule has 0 aliphatic carbocycles. The number of aryl methyl sites for hydroxylation is 2. The number of carbonyl (C=O) groups is 1. The molecule has 0 aliphatic heterocycles. The Morgan fingerprint density at radius 2 is 1.89 bits per heavy atom. The average Bonchev–Trinajstić information content (AvgIpc) is 2.34. The van der Waals surface area contributed by atoms with E-state index in [0.717, 1.165) is 16.8 Å². The Hall–Kier alpha value is -1.55. The van der Waals surface area contributed by atoms with E-state index >= 15 is 0 Å². The van der Waals surface area contributed by atoms with Crippen LogP contribution in [0.5, 0.6) is 0 Å². The molecular weight excluding hydrogens is 230 g/mol. The van der Waals surface area contributed by atoms with E-state index in [9.17, 15) is 4.79 Å². The van der Waals surface area contributed by atoms with Gasteiger partial charge >= 0.3 is 5.97 Å². The first kappa shape index (κ1) is 14.5. The third-order valence-corrected chi connectivity index (χ3v) is 2.73. The summed E-state index contributed by atoms with van der Waals surface area (Å²) < 4.78 is 9.90. The fourth-order valence-electron chi connectivity index (χ4n) is 1.67. The molecule has 0 saturated heterocycles. The van der Waals surface area contributed by atoms with E-state index in [4.69, 9.17) is 9.47 Å². The lowest BCUT2D eigenvalue weighted by Crippen LogP contribution is -2.29. The Morgan fingerprint density at radius 1 is 1.28 bits per heavy atom. The zero-order valence-corrected chi connectivity index (χ0v) is 11.4. The standard InChI is InChI=1S/C14H21NO3/c1-10-6-5-7-11(2)13(10)15-12(3)14(16)18-9-8-17-4/h5-7,12,15H,8-9H2,1-4H3. The molecule has 100 valence electrons. The van der Waals surface area contributed by atoms with Crippen LogP contribution in [0.3, 0.4) is 0 Å². The summed E-state index contributed by atoms with van der Waals surface area (Å²) >= 11 is 0. The molecule has 1 unspecified atom stereocenters. The molecule has 1 atom stereocenters. The molecule has 1 aromatic carbocycles. The van der Waals surface area contributed by atoms with Crippen LogP contribution in [0, 0.1) is 13.8 Å². The maximum atomic E-state index is 11.7. The molecule has 0 radical (unpaired) electrons. The van der Waals surface area contributed by atoms with Crippen LogP contribution in [0.2, 0.25) is 0 Å². The van der Waals surface area contributed by atoms with Crippen molar-refractivity contribution in [2.24, 2.45) is 0 Å². The SMILES string of the molecule is COCCOC(=O)C(C)Nc1c(C)cccc1C. The van der Waals surface area contributed by atoms with Crippen LogP contribution in [0.25, 0.3) is 0 Å². The summed E-state index contributed by atoms with van der Waals surface area (Å²) in [6.07, 6.45) is 0. The monoisotopic (exact) mass is 251 g/mol. The predicted octanol–water partition coefficient (Wildman–Crippen LogP) is 2.29. The molecule has 4 heteroatoms. The minimum Gasteiger partial charge on any atom is -0.462 e. The number of methoxy groups -OCH3 is 1. The Kier molecular flexibility index (Phi) is 5.65. The van der Waals surface area contributed by atoms with E-state index in [2.05, 4.69) is 5.32 Å². The molecule has 0 aromatic heterocycles. The Labute approximate surface area is 108 Å². The maximum Gasteiger partial charge on any atom is 0.328 e. The zero-order chi connectivity index (χ0) is 13.5. The van der Waals surface area contributed by atoms with Crippen molar-refractivity contribution >= 4 is 11.7 Å². The fourth-order valence-corrected chi connectivity index (χ4v) is 1.67. The smallest absolute Gasteiger partial charge is 0.328 e. The summed E-state index contributed by atoms with van der Waals surface area (Å²) in [7, 11) is 1.58. The van der Waals surface area contributed by atoms with Crippen molar-refractivity contribution < 1.29 is 14.3 Å². The van der Waals surface area contributed by atoms with E-state index in [-0.39, 0.29) is 18.6 Å². The Morgan fingerprint density at radius 3 is 2.44 bits per heavy atom. The first-order chi connectivity index (χ1) is 8.56. The van der Waals surface area contributed by atoms with Crippen molar-refractivity contribution in [3.63, 3.8) is 0 Å². The molecule has 0 spiro atoms. The second kappa shape index (κ2) is 7.01. The van der Waals surface area contributed by atoms with E-state index < -0.39 is 0 Å². The topological polar surface area (TPSA) is 47.6 Å². The molecule has 0 aliphatic rings. The molecule has 1 N–H and O–H groups in total. The maximum absolute atomic E-state index is 11.7. The van der Waals surface area contributed by atoms with Gasteiger partial charge in [-0.25, -0.2) is 4.79 Å². The van der Waals surface area contributed by atoms with Crippen molar-refractivity contribution in [1.29, 1.82) is 0 Å². The van der Waals surface area contributed by atoms with Crippen LogP contribution in [0.1, 0.15) is 18.1 Å². The highest BCUT2D eigenvalue weighted by molar-refractivity contribution is 5.79. The number of hydrogen-bond donors (Lipinski definition) is 1. The first-order valence-corrected chi connectivity index (χ1v) is 6.04. The molecule has 0 heterocycles. The molecule has 1 rings (SSSR count). The lowest BCUT2D eigenvalue weighted by molar-refractivity contribution is -0.145. The number of anilines is 1. The second-order valence-electron chi connectivity index (χ2n) is 4.29. The quantitative estimate of drug-likeness (QED) is 0.622. The highest BCUT2D eigenvalue weighted by Crippen LogP contribution is 2.20. The molecule has 4 nitrogen and oxygen atoms in total. The summed E-state index contributed by atoms with van der Waals surface area (Å²) in [5, 5.41) is 3.19. The number of carbonyl (C=O) groups excluding carboxylic acids is 1. The molecular formula is C14H21NO3. The van der Waals surface area contributed by atoms with Crippen LogP contribution in [0.4, 0.5) is 5.69 Å². The van der Waals surface area contributed by atoms with Gasteiger partial charge in [0.05, 0.1) is 6.61 Å². The highest BCUT2D eigenvalue weighted by Gasteiger charge is 2.15. The van der Waals surface area contributed by atoms with E-state index in [0.29, 0.717) is 6.61 Å². The van der Waals surface area contributed by atoms with Gasteiger partial charge in [-0.1, -0.05) is 18.2 Å². The molecule has 1 aromatic rings. The minimum absolute atomic E-state index is 0.269. The lowest BCUT2D eigenvalue weighted by atomic mass is 10.1. The molecule has 0 saturated carbocycles. The van der Waals surface area contributed by atoms with Gasteiger partial charge in [0.25, 0.3) is 0 Å². The summed E-state index contributed by atoms with van der Waals surface area (Å²) in [5.74, 6) is -0.269. The summed E-state index contributed by atoms with van der Waals surface area (Å²) in [5.41, 5.74) is 3.23. The molecule has 18 heavy (non-hydrogen) atoms.